The summed E-state index contributed by atoms with van der Waals surface area (Å²) in [6, 6.07) is 5.04. The van der Waals surface area contributed by atoms with E-state index in [1.165, 1.54) is 41.5 Å². The molecule has 0 amide bonds. The Kier molecular flexibility index (Phi) is 4.84. The predicted molar refractivity (Wildman–Crippen MR) is 92.0 cm³/mol. The van der Waals surface area contributed by atoms with Crippen molar-refractivity contribution < 1.29 is 17.5 Å². The fourth-order valence-corrected chi connectivity index (χ4v) is 4.01. The Bertz CT molecular complexity index is 1080. The second kappa shape index (κ2) is 6.90. The van der Waals surface area contributed by atoms with Crippen molar-refractivity contribution in [1.82, 2.24) is 14.3 Å². The molecule has 0 fully saturated rings. The number of sulfonamides is 1. The number of hydrogen-bond donors (Lipinski definition) is 1. The predicted octanol–water partition coefficient (Wildman–Crippen LogP) is 1.58. The second-order valence-electron chi connectivity index (χ2n) is 5.08. The summed E-state index contributed by atoms with van der Waals surface area (Å²) in [5.74, 6) is -0.811. The molecule has 1 aromatic carbocycles. The lowest BCUT2D eigenvalue weighted by Gasteiger charge is -2.09. The summed E-state index contributed by atoms with van der Waals surface area (Å²) < 4.78 is 46.5. The van der Waals surface area contributed by atoms with Crippen molar-refractivity contribution in [3.63, 3.8) is 0 Å². The first-order valence-corrected chi connectivity index (χ1v) is 9.54. The minimum absolute atomic E-state index is 0.0345. The number of nitrogens with zero attached hydrogens (tertiary/aromatic N) is 2. The van der Waals surface area contributed by atoms with Crippen LogP contribution in [0.1, 0.15) is 0 Å². The first-order chi connectivity index (χ1) is 11.9. The minimum atomic E-state index is -3.90. The second-order valence-corrected chi connectivity index (χ2v) is 7.74. The van der Waals surface area contributed by atoms with Gasteiger partial charge >= 0.3 is 0 Å². The Morgan fingerprint density at radius 3 is 2.88 bits per heavy atom. The molecule has 0 radical (unpaired) electrons. The summed E-state index contributed by atoms with van der Waals surface area (Å²) in [7, 11) is -2.61. The van der Waals surface area contributed by atoms with Crippen LogP contribution in [0.2, 0.25) is 0 Å². The van der Waals surface area contributed by atoms with E-state index in [0.717, 1.165) is 6.07 Å². The molecule has 0 aliphatic heterocycles. The molecule has 0 saturated carbocycles. The molecular formula is C15H14FN3O4S2. The Labute approximate surface area is 146 Å². The number of benzene rings is 1. The zero-order chi connectivity index (χ0) is 18.0. The number of methoxy groups -OCH3 is 1. The summed E-state index contributed by atoms with van der Waals surface area (Å²) in [5.41, 5.74) is -0.235. The largest absolute Gasteiger partial charge is 0.494 e. The van der Waals surface area contributed by atoms with Gasteiger partial charge in [0.2, 0.25) is 10.0 Å². The highest BCUT2D eigenvalue weighted by Gasteiger charge is 2.16. The van der Waals surface area contributed by atoms with Gasteiger partial charge in [0.1, 0.15) is 4.83 Å². The fraction of sp³-hybridized carbons (Fsp3) is 0.200. The quantitative estimate of drug-likeness (QED) is 0.698. The van der Waals surface area contributed by atoms with Crippen molar-refractivity contribution in [2.24, 2.45) is 0 Å². The topological polar surface area (TPSA) is 90.3 Å². The molecule has 7 nitrogen and oxygen atoms in total. The molecule has 1 N–H and O–H groups in total. The molecule has 0 atom stereocenters. The molecule has 0 spiro atoms. The van der Waals surface area contributed by atoms with E-state index in [1.54, 1.807) is 11.4 Å². The van der Waals surface area contributed by atoms with Crippen molar-refractivity contribution in [2.75, 3.05) is 13.7 Å². The summed E-state index contributed by atoms with van der Waals surface area (Å²) >= 11 is 1.36. The van der Waals surface area contributed by atoms with Gasteiger partial charge < -0.3 is 4.74 Å². The zero-order valence-corrected chi connectivity index (χ0v) is 14.7. The van der Waals surface area contributed by atoms with Crippen LogP contribution in [0, 0.1) is 5.82 Å². The summed E-state index contributed by atoms with van der Waals surface area (Å²) in [5, 5.41) is 2.26. The highest BCUT2D eigenvalue weighted by molar-refractivity contribution is 7.89. The Morgan fingerprint density at radius 1 is 1.36 bits per heavy atom. The number of aromatic nitrogens is 2. The maximum absolute atomic E-state index is 13.7. The fourth-order valence-electron chi connectivity index (χ4n) is 2.25. The molecular weight excluding hydrogens is 369 g/mol. The Balaban J connectivity index is 1.72. The third kappa shape index (κ3) is 3.55. The van der Waals surface area contributed by atoms with Crippen LogP contribution in [0.4, 0.5) is 4.39 Å². The highest BCUT2D eigenvalue weighted by Crippen LogP contribution is 2.20. The van der Waals surface area contributed by atoms with Gasteiger partial charge in [-0.05, 0) is 29.6 Å². The van der Waals surface area contributed by atoms with Crippen LogP contribution in [0.3, 0.4) is 0 Å². The van der Waals surface area contributed by atoms with Crippen LogP contribution in [0.15, 0.2) is 45.7 Å². The van der Waals surface area contributed by atoms with E-state index in [-0.39, 0.29) is 29.3 Å². The number of thiophene rings is 1. The Morgan fingerprint density at radius 2 is 2.16 bits per heavy atom. The monoisotopic (exact) mass is 383 g/mol. The van der Waals surface area contributed by atoms with Crippen molar-refractivity contribution in [1.29, 1.82) is 0 Å². The molecule has 0 aliphatic rings. The molecule has 3 rings (SSSR count). The van der Waals surface area contributed by atoms with Crippen molar-refractivity contribution >= 4 is 31.6 Å². The third-order valence-electron chi connectivity index (χ3n) is 3.53. The number of ether oxygens (including phenoxy) is 1. The van der Waals surface area contributed by atoms with Crippen molar-refractivity contribution in [3.8, 4) is 5.75 Å². The van der Waals surface area contributed by atoms with Crippen LogP contribution in [0.5, 0.6) is 5.75 Å². The molecule has 10 heteroatoms. The van der Waals surface area contributed by atoms with Crippen LogP contribution < -0.4 is 15.0 Å². The molecule has 25 heavy (non-hydrogen) atoms. The maximum Gasteiger partial charge on any atom is 0.262 e. The maximum atomic E-state index is 13.7. The van der Waals surface area contributed by atoms with Gasteiger partial charge in [-0.2, -0.15) is 0 Å². The molecule has 2 aromatic heterocycles. The summed E-state index contributed by atoms with van der Waals surface area (Å²) in [4.78, 5) is 16.8. The Hall–Kier alpha value is -2.30. The normalized spacial score (nSPS) is 11.8. The van der Waals surface area contributed by atoms with Gasteiger partial charge in [0.15, 0.2) is 11.6 Å². The first-order valence-electron chi connectivity index (χ1n) is 7.18. The lowest BCUT2D eigenvalue weighted by molar-refractivity contribution is 0.385. The summed E-state index contributed by atoms with van der Waals surface area (Å²) in [6.45, 7) is 0.0721. The minimum Gasteiger partial charge on any atom is -0.494 e. The van der Waals surface area contributed by atoms with E-state index in [0.29, 0.717) is 10.2 Å². The standard InChI is InChI=1S/C15H14FN3O4S2/c1-23-13-3-2-10(8-12(13)16)25(21,22)18-5-6-19-9-17-14-11(15(19)20)4-7-24-14/h2-4,7-9,18H,5-6H2,1H3. The SMILES string of the molecule is COc1ccc(S(=O)(=O)NCCn2cnc3sccc3c2=O)cc1F. The molecule has 3 aromatic rings. The van der Waals surface area contributed by atoms with Gasteiger partial charge in [-0.3, -0.25) is 9.36 Å². The molecule has 0 unspecified atom stereocenters. The van der Waals surface area contributed by atoms with E-state index < -0.39 is 15.8 Å². The first kappa shape index (κ1) is 17.5. The number of fused-ring (bicyclic) bond motifs is 1. The summed E-state index contributed by atoms with van der Waals surface area (Å²) in [6.07, 6.45) is 1.38. The molecule has 132 valence electrons. The molecule has 0 saturated heterocycles. The van der Waals surface area contributed by atoms with Crippen molar-refractivity contribution in [2.45, 2.75) is 11.4 Å². The van der Waals surface area contributed by atoms with Crippen LogP contribution >= 0.6 is 11.3 Å². The van der Waals surface area contributed by atoms with E-state index in [9.17, 15) is 17.6 Å². The van der Waals surface area contributed by atoms with E-state index in [2.05, 4.69) is 9.71 Å². The molecule has 2 heterocycles. The average Bonchev–Trinajstić information content (AvgIpc) is 3.06. The highest BCUT2D eigenvalue weighted by atomic mass is 32.2. The van der Waals surface area contributed by atoms with E-state index >= 15 is 0 Å². The smallest absolute Gasteiger partial charge is 0.262 e. The van der Waals surface area contributed by atoms with Gasteiger partial charge in [0.05, 0.1) is 23.7 Å². The number of hydrogen-bond acceptors (Lipinski definition) is 6. The van der Waals surface area contributed by atoms with Gasteiger partial charge in [0.25, 0.3) is 5.56 Å². The number of nitrogens with one attached hydrogen (secondary N) is 1. The lowest BCUT2D eigenvalue weighted by Crippen LogP contribution is -2.31. The lowest BCUT2D eigenvalue weighted by atomic mass is 10.3. The average molecular weight is 383 g/mol. The van der Waals surface area contributed by atoms with Crippen LogP contribution in [-0.2, 0) is 16.6 Å². The van der Waals surface area contributed by atoms with Gasteiger partial charge in [-0.1, -0.05) is 0 Å². The number of rotatable bonds is 6. The number of halogens is 1. The van der Waals surface area contributed by atoms with E-state index in [4.69, 9.17) is 4.74 Å². The third-order valence-corrected chi connectivity index (χ3v) is 5.81. The van der Waals surface area contributed by atoms with Gasteiger partial charge in [-0.25, -0.2) is 22.5 Å². The van der Waals surface area contributed by atoms with Crippen LogP contribution in [0.25, 0.3) is 10.2 Å². The van der Waals surface area contributed by atoms with Gasteiger partial charge in [0, 0.05) is 13.1 Å². The molecule has 0 bridgehead atoms. The van der Waals surface area contributed by atoms with Gasteiger partial charge in [-0.15, -0.1) is 11.3 Å². The van der Waals surface area contributed by atoms with Crippen LogP contribution in [-0.4, -0.2) is 31.6 Å². The van der Waals surface area contributed by atoms with E-state index in [1.807, 2.05) is 0 Å². The zero-order valence-electron chi connectivity index (χ0n) is 13.1. The van der Waals surface area contributed by atoms with Crippen molar-refractivity contribution in [3.05, 3.63) is 52.1 Å². The molecule has 0 aliphatic carbocycles.